The second-order valence-electron chi connectivity index (χ2n) is 4.86. The summed E-state index contributed by atoms with van der Waals surface area (Å²) in [4.78, 5) is 27.2. The van der Waals surface area contributed by atoms with Crippen LogP contribution in [0.4, 0.5) is 5.82 Å². The highest BCUT2D eigenvalue weighted by Crippen LogP contribution is 2.08. The van der Waals surface area contributed by atoms with Gasteiger partial charge in [0.05, 0.1) is 4.90 Å². The SMILES string of the molecule is NS(=O)(=O)c1ccc(CCNC(=O)C(=O)Nc2ccccn2)cc1. The van der Waals surface area contributed by atoms with Crippen molar-refractivity contribution < 1.29 is 18.0 Å². The third-order valence-electron chi connectivity index (χ3n) is 3.06. The van der Waals surface area contributed by atoms with Gasteiger partial charge in [-0.3, -0.25) is 9.59 Å². The number of hydrogen-bond acceptors (Lipinski definition) is 5. The Balaban J connectivity index is 1.81. The van der Waals surface area contributed by atoms with Crippen LogP contribution in [0.3, 0.4) is 0 Å². The van der Waals surface area contributed by atoms with E-state index in [1.165, 1.54) is 18.3 Å². The minimum atomic E-state index is -3.72. The lowest BCUT2D eigenvalue weighted by atomic mass is 10.1. The summed E-state index contributed by atoms with van der Waals surface area (Å²) in [5.74, 6) is -1.30. The number of benzene rings is 1. The highest BCUT2D eigenvalue weighted by atomic mass is 32.2. The monoisotopic (exact) mass is 348 g/mol. The van der Waals surface area contributed by atoms with Crippen LogP contribution < -0.4 is 15.8 Å². The van der Waals surface area contributed by atoms with E-state index in [0.29, 0.717) is 6.42 Å². The van der Waals surface area contributed by atoms with E-state index in [1.54, 1.807) is 30.3 Å². The van der Waals surface area contributed by atoms with Crippen LogP contribution in [0.2, 0.25) is 0 Å². The van der Waals surface area contributed by atoms with Crippen molar-refractivity contribution in [3.63, 3.8) is 0 Å². The molecule has 0 fully saturated rings. The van der Waals surface area contributed by atoms with Gasteiger partial charge in [0.15, 0.2) is 0 Å². The summed E-state index contributed by atoms with van der Waals surface area (Å²) in [6.07, 6.45) is 1.94. The topological polar surface area (TPSA) is 131 Å². The van der Waals surface area contributed by atoms with Crippen molar-refractivity contribution in [3.05, 3.63) is 54.2 Å². The van der Waals surface area contributed by atoms with Crippen LogP contribution in [-0.4, -0.2) is 31.8 Å². The number of pyridine rings is 1. The van der Waals surface area contributed by atoms with Crippen LogP contribution in [0.1, 0.15) is 5.56 Å². The van der Waals surface area contributed by atoms with Crippen LogP contribution in [0.5, 0.6) is 0 Å². The number of carbonyl (C=O) groups is 2. The van der Waals surface area contributed by atoms with Crippen molar-refractivity contribution in [1.29, 1.82) is 0 Å². The van der Waals surface area contributed by atoms with Crippen molar-refractivity contribution in [2.45, 2.75) is 11.3 Å². The summed E-state index contributed by atoms with van der Waals surface area (Å²) >= 11 is 0. The van der Waals surface area contributed by atoms with E-state index >= 15 is 0 Å². The number of amides is 2. The van der Waals surface area contributed by atoms with E-state index in [4.69, 9.17) is 5.14 Å². The summed E-state index contributed by atoms with van der Waals surface area (Å²) in [5.41, 5.74) is 0.799. The van der Waals surface area contributed by atoms with Gasteiger partial charge in [-0.25, -0.2) is 18.5 Å². The molecule has 2 aromatic rings. The van der Waals surface area contributed by atoms with E-state index in [9.17, 15) is 18.0 Å². The largest absolute Gasteiger partial charge is 0.347 e. The van der Waals surface area contributed by atoms with Gasteiger partial charge in [-0.05, 0) is 36.2 Å². The third kappa shape index (κ3) is 5.14. The van der Waals surface area contributed by atoms with Gasteiger partial charge in [0.25, 0.3) is 0 Å². The number of nitrogens with one attached hydrogen (secondary N) is 2. The molecule has 0 aliphatic heterocycles. The molecule has 0 radical (unpaired) electrons. The third-order valence-corrected chi connectivity index (χ3v) is 3.99. The lowest BCUT2D eigenvalue weighted by molar-refractivity contribution is -0.136. The molecule has 1 aromatic carbocycles. The Labute approximate surface area is 139 Å². The van der Waals surface area contributed by atoms with Gasteiger partial charge >= 0.3 is 11.8 Å². The maximum atomic E-state index is 11.7. The van der Waals surface area contributed by atoms with E-state index in [-0.39, 0.29) is 17.3 Å². The van der Waals surface area contributed by atoms with Crippen LogP contribution in [0, 0.1) is 0 Å². The molecule has 1 heterocycles. The second kappa shape index (κ2) is 7.66. The summed E-state index contributed by atoms with van der Waals surface area (Å²) in [6.45, 7) is 0.225. The van der Waals surface area contributed by atoms with E-state index in [1.807, 2.05) is 0 Å². The van der Waals surface area contributed by atoms with Gasteiger partial charge in [0.1, 0.15) is 5.82 Å². The Morgan fingerprint density at radius 1 is 1.04 bits per heavy atom. The normalized spacial score (nSPS) is 10.9. The molecular formula is C15H16N4O4S. The molecule has 0 atom stereocenters. The fourth-order valence-electron chi connectivity index (χ4n) is 1.86. The number of primary sulfonamides is 1. The molecule has 0 spiro atoms. The number of rotatable bonds is 5. The molecule has 9 heteroatoms. The standard InChI is InChI=1S/C15H16N4O4S/c16-24(22,23)12-6-4-11(5-7-12)8-10-18-14(20)15(21)19-13-3-1-2-9-17-13/h1-7,9H,8,10H2,(H,18,20)(H2,16,22,23)(H,17,19,21). The molecule has 0 aliphatic carbocycles. The zero-order valence-electron chi connectivity index (χ0n) is 12.6. The van der Waals surface area contributed by atoms with E-state index < -0.39 is 21.8 Å². The Morgan fingerprint density at radius 2 is 1.75 bits per heavy atom. The van der Waals surface area contributed by atoms with Crippen molar-refractivity contribution in [2.24, 2.45) is 5.14 Å². The predicted molar refractivity (Wildman–Crippen MR) is 87.4 cm³/mol. The molecule has 0 unspecified atom stereocenters. The lowest BCUT2D eigenvalue weighted by Crippen LogP contribution is -2.36. The molecular weight excluding hydrogens is 332 g/mol. The molecule has 4 N–H and O–H groups in total. The molecule has 0 saturated heterocycles. The highest BCUT2D eigenvalue weighted by Gasteiger charge is 2.13. The summed E-state index contributed by atoms with van der Waals surface area (Å²) in [7, 11) is -3.72. The zero-order chi connectivity index (χ0) is 17.6. The first-order valence-corrected chi connectivity index (χ1v) is 8.53. The van der Waals surface area contributed by atoms with Gasteiger partial charge in [-0.2, -0.15) is 0 Å². The Hall–Kier alpha value is -2.78. The smallest absolute Gasteiger partial charge is 0.314 e. The van der Waals surface area contributed by atoms with Gasteiger partial charge < -0.3 is 10.6 Å². The average Bonchev–Trinajstić information content (AvgIpc) is 2.55. The molecule has 126 valence electrons. The molecule has 1 aromatic heterocycles. The van der Waals surface area contributed by atoms with Crippen molar-refractivity contribution >= 4 is 27.7 Å². The first-order chi connectivity index (χ1) is 11.4. The summed E-state index contributed by atoms with van der Waals surface area (Å²) in [6, 6.07) is 10.9. The van der Waals surface area contributed by atoms with Crippen molar-refractivity contribution in [1.82, 2.24) is 10.3 Å². The molecule has 2 rings (SSSR count). The summed E-state index contributed by atoms with van der Waals surface area (Å²) < 4.78 is 22.3. The molecule has 8 nitrogen and oxygen atoms in total. The van der Waals surface area contributed by atoms with Crippen molar-refractivity contribution in [2.75, 3.05) is 11.9 Å². The maximum absolute atomic E-state index is 11.7. The number of hydrogen-bond donors (Lipinski definition) is 3. The first-order valence-electron chi connectivity index (χ1n) is 6.98. The van der Waals surface area contributed by atoms with Crippen LogP contribution in [-0.2, 0) is 26.0 Å². The van der Waals surface area contributed by atoms with Crippen molar-refractivity contribution in [3.8, 4) is 0 Å². The number of aromatic nitrogens is 1. The predicted octanol–water partition coefficient (Wildman–Crippen LogP) is 0.0264. The molecule has 0 bridgehead atoms. The minimum Gasteiger partial charge on any atom is -0.347 e. The molecule has 0 saturated carbocycles. The fraction of sp³-hybridized carbons (Fsp3) is 0.133. The van der Waals surface area contributed by atoms with E-state index in [0.717, 1.165) is 5.56 Å². The van der Waals surface area contributed by atoms with Gasteiger partial charge in [-0.1, -0.05) is 18.2 Å². The van der Waals surface area contributed by atoms with Crippen LogP contribution in [0.25, 0.3) is 0 Å². The second-order valence-corrected chi connectivity index (χ2v) is 6.43. The van der Waals surface area contributed by atoms with E-state index in [2.05, 4.69) is 15.6 Å². The molecule has 2 amide bonds. The molecule has 24 heavy (non-hydrogen) atoms. The van der Waals surface area contributed by atoms with Gasteiger partial charge in [-0.15, -0.1) is 0 Å². The highest BCUT2D eigenvalue weighted by molar-refractivity contribution is 7.89. The average molecular weight is 348 g/mol. The van der Waals surface area contributed by atoms with Gasteiger partial charge in [0.2, 0.25) is 10.0 Å². The number of anilines is 1. The quantitative estimate of drug-likeness (QED) is 0.656. The maximum Gasteiger partial charge on any atom is 0.314 e. The van der Waals surface area contributed by atoms with Crippen LogP contribution >= 0.6 is 0 Å². The van der Waals surface area contributed by atoms with Gasteiger partial charge in [0, 0.05) is 12.7 Å². The lowest BCUT2D eigenvalue weighted by Gasteiger charge is -2.06. The number of sulfonamides is 1. The Bertz CT molecular complexity index is 820. The number of nitrogens with two attached hydrogens (primary N) is 1. The Kier molecular flexibility index (Phi) is 5.61. The summed E-state index contributed by atoms with van der Waals surface area (Å²) in [5, 5.41) is 9.86. The van der Waals surface area contributed by atoms with Crippen LogP contribution in [0.15, 0.2) is 53.6 Å². The zero-order valence-corrected chi connectivity index (χ0v) is 13.4. The Morgan fingerprint density at radius 3 is 2.33 bits per heavy atom. The minimum absolute atomic E-state index is 0.0185. The molecule has 0 aliphatic rings. The number of carbonyl (C=O) groups excluding carboxylic acids is 2. The fourth-order valence-corrected chi connectivity index (χ4v) is 2.37. The first kappa shape index (κ1) is 17.6. The number of nitrogens with zero attached hydrogens (tertiary/aromatic N) is 1.